The molecular formula is C21H26O6. The van der Waals surface area contributed by atoms with Crippen molar-refractivity contribution in [2.24, 2.45) is 0 Å². The van der Waals surface area contributed by atoms with Gasteiger partial charge in [0.25, 0.3) is 0 Å². The first-order valence-electron chi connectivity index (χ1n) is 8.70. The van der Waals surface area contributed by atoms with Crippen LogP contribution in [-0.4, -0.2) is 37.4 Å². The average Bonchev–Trinajstić information content (AvgIpc) is 2.68. The van der Waals surface area contributed by atoms with Gasteiger partial charge in [-0.3, -0.25) is 4.79 Å². The smallest absolute Gasteiger partial charge is 0.340 e. The number of carbonyl (C=O) groups excluding carboxylic acids is 2. The molecule has 6 heteroatoms. The van der Waals surface area contributed by atoms with Gasteiger partial charge in [0.05, 0.1) is 24.8 Å². The van der Waals surface area contributed by atoms with Crippen LogP contribution < -0.4 is 9.47 Å². The predicted molar refractivity (Wildman–Crippen MR) is 103 cm³/mol. The Hall–Kier alpha value is -2.86. The number of aliphatic hydroxyl groups is 1. The molecule has 0 fully saturated rings. The molecule has 27 heavy (non-hydrogen) atoms. The molecule has 1 N–H and O–H groups in total. The quantitative estimate of drug-likeness (QED) is 0.425. The van der Waals surface area contributed by atoms with E-state index in [1.165, 1.54) is 13.2 Å². The van der Waals surface area contributed by atoms with Gasteiger partial charge in [0, 0.05) is 12.8 Å². The van der Waals surface area contributed by atoms with Crippen LogP contribution in [0.25, 0.3) is 0 Å². The number of hydrogen-bond acceptors (Lipinski definition) is 6. The fourth-order valence-electron chi connectivity index (χ4n) is 2.63. The molecule has 0 amide bonds. The number of carbonyl (C=O) groups is 2. The van der Waals surface area contributed by atoms with E-state index in [4.69, 9.17) is 14.2 Å². The molecule has 1 aromatic rings. The lowest BCUT2D eigenvalue weighted by Gasteiger charge is -2.24. The molecule has 0 bridgehead atoms. The first-order valence-corrected chi connectivity index (χ1v) is 8.70. The van der Waals surface area contributed by atoms with Gasteiger partial charge in [0.2, 0.25) is 6.29 Å². The minimum absolute atomic E-state index is 0.0223. The maximum absolute atomic E-state index is 12.0. The number of methoxy groups -OCH3 is 1. The van der Waals surface area contributed by atoms with E-state index in [1.54, 1.807) is 12.2 Å². The van der Waals surface area contributed by atoms with E-state index in [9.17, 15) is 14.7 Å². The standard InChI is InChI=1S/C19H20O6.C2H6/c1-4-6-12(5-2)7-8-24-16-9-14-13(10-17(21)25-19(14)22)15(11-20)18(16)23-3;1-2/h4-6,9,11,17,21H,1-2,7-8,10H2,3H3;1-2H3/b12-6+;. The SMILES string of the molecule is C=C/C=C(\C=C)CCOc1cc2c(c(C=O)c1OC)CC(O)OC2=O.CC. The molecule has 0 aromatic heterocycles. The van der Waals surface area contributed by atoms with Crippen LogP contribution >= 0.6 is 0 Å². The molecular weight excluding hydrogens is 348 g/mol. The third-order valence-electron chi connectivity index (χ3n) is 3.80. The van der Waals surface area contributed by atoms with Gasteiger partial charge in [-0.05, 0) is 17.2 Å². The summed E-state index contributed by atoms with van der Waals surface area (Å²) in [7, 11) is 1.41. The highest BCUT2D eigenvalue weighted by Gasteiger charge is 2.31. The summed E-state index contributed by atoms with van der Waals surface area (Å²) in [6, 6.07) is 1.47. The van der Waals surface area contributed by atoms with Crippen LogP contribution in [0.4, 0.5) is 0 Å². The van der Waals surface area contributed by atoms with Crippen LogP contribution in [0.1, 0.15) is 46.5 Å². The number of cyclic esters (lactones) is 1. The summed E-state index contributed by atoms with van der Waals surface area (Å²) in [6.07, 6.45) is 5.06. The summed E-state index contributed by atoms with van der Waals surface area (Å²) in [4.78, 5) is 23.5. The molecule has 0 saturated carbocycles. The van der Waals surface area contributed by atoms with Crippen LogP contribution in [0.2, 0.25) is 0 Å². The highest BCUT2D eigenvalue weighted by atomic mass is 16.6. The maximum atomic E-state index is 12.0. The van der Waals surface area contributed by atoms with Crippen molar-refractivity contribution in [2.45, 2.75) is 33.0 Å². The Morgan fingerprint density at radius 1 is 1.41 bits per heavy atom. The Labute approximate surface area is 159 Å². The van der Waals surface area contributed by atoms with Crippen molar-refractivity contribution in [1.29, 1.82) is 0 Å². The summed E-state index contributed by atoms with van der Waals surface area (Å²) in [5.74, 6) is -0.218. The summed E-state index contributed by atoms with van der Waals surface area (Å²) < 4.78 is 15.8. The van der Waals surface area contributed by atoms with Gasteiger partial charge >= 0.3 is 5.97 Å². The monoisotopic (exact) mass is 374 g/mol. The van der Waals surface area contributed by atoms with Crippen molar-refractivity contribution in [3.05, 3.63) is 59.7 Å². The Kier molecular flexibility index (Phi) is 9.02. The lowest BCUT2D eigenvalue weighted by Crippen LogP contribution is -2.28. The van der Waals surface area contributed by atoms with E-state index in [1.807, 2.05) is 19.9 Å². The molecule has 1 atom stereocenters. The molecule has 1 unspecified atom stereocenters. The van der Waals surface area contributed by atoms with Crippen LogP contribution in [-0.2, 0) is 11.2 Å². The number of benzene rings is 1. The Balaban J connectivity index is 0.00000176. The molecule has 0 spiro atoms. The minimum Gasteiger partial charge on any atom is -0.492 e. The third-order valence-corrected chi connectivity index (χ3v) is 3.80. The van der Waals surface area contributed by atoms with Gasteiger partial charge in [-0.15, -0.1) is 0 Å². The van der Waals surface area contributed by atoms with Gasteiger partial charge in [-0.25, -0.2) is 4.79 Å². The zero-order valence-electron chi connectivity index (χ0n) is 16.0. The summed E-state index contributed by atoms with van der Waals surface area (Å²) >= 11 is 0. The second-order valence-corrected chi connectivity index (χ2v) is 5.31. The van der Waals surface area contributed by atoms with Gasteiger partial charge in [0.15, 0.2) is 17.8 Å². The van der Waals surface area contributed by atoms with Crippen molar-refractivity contribution >= 4 is 12.3 Å². The van der Waals surface area contributed by atoms with E-state index >= 15 is 0 Å². The van der Waals surface area contributed by atoms with Crippen molar-refractivity contribution < 1.29 is 28.9 Å². The fourth-order valence-corrected chi connectivity index (χ4v) is 2.63. The lowest BCUT2D eigenvalue weighted by atomic mass is 9.95. The maximum Gasteiger partial charge on any atom is 0.340 e. The van der Waals surface area contributed by atoms with Crippen molar-refractivity contribution in [2.75, 3.05) is 13.7 Å². The lowest BCUT2D eigenvalue weighted by molar-refractivity contribution is -0.0688. The summed E-state index contributed by atoms with van der Waals surface area (Å²) in [6.45, 7) is 11.6. The van der Waals surface area contributed by atoms with E-state index in [-0.39, 0.29) is 35.7 Å². The number of esters is 1. The summed E-state index contributed by atoms with van der Waals surface area (Å²) in [5, 5.41) is 9.60. The van der Waals surface area contributed by atoms with Crippen LogP contribution in [0.3, 0.4) is 0 Å². The third kappa shape index (κ3) is 5.31. The second kappa shape index (κ2) is 11.0. The topological polar surface area (TPSA) is 82.1 Å². The minimum atomic E-state index is -1.28. The van der Waals surface area contributed by atoms with E-state index < -0.39 is 12.3 Å². The zero-order chi connectivity index (χ0) is 20.4. The number of rotatable bonds is 8. The summed E-state index contributed by atoms with van der Waals surface area (Å²) in [5.41, 5.74) is 1.69. The van der Waals surface area contributed by atoms with Crippen LogP contribution in [0.5, 0.6) is 11.5 Å². The Bertz CT molecular complexity index is 733. The molecule has 1 aromatic carbocycles. The second-order valence-electron chi connectivity index (χ2n) is 5.31. The van der Waals surface area contributed by atoms with E-state index in [0.29, 0.717) is 18.3 Å². The fraction of sp³-hybridized carbons (Fsp3) is 0.333. The van der Waals surface area contributed by atoms with Crippen molar-refractivity contribution in [3.8, 4) is 11.5 Å². The Morgan fingerprint density at radius 3 is 2.67 bits per heavy atom. The van der Waals surface area contributed by atoms with E-state index in [2.05, 4.69) is 13.2 Å². The normalized spacial score (nSPS) is 15.5. The predicted octanol–water partition coefficient (Wildman–Crippen LogP) is 3.63. The number of hydrogen-bond donors (Lipinski definition) is 1. The van der Waals surface area contributed by atoms with Crippen molar-refractivity contribution in [1.82, 2.24) is 0 Å². The molecule has 2 rings (SSSR count). The first-order chi connectivity index (χ1) is 13.0. The Morgan fingerprint density at radius 2 is 2.11 bits per heavy atom. The molecule has 1 heterocycles. The van der Waals surface area contributed by atoms with Crippen LogP contribution in [0.15, 0.2) is 43.0 Å². The molecule has 0 aliphatic carbocycles. The molecule has 1 aliphatic heterocycles. The van der Waals surface area contributed by atoms with Crippen LogP contribution in [0, 0.1) is 0 Å². The number of ether oxygens (including phenoxy) is 3. The number of aliphatic hydroxyl groups excluding tert-OH is 1. The van der Waals surface area contributed by atoms with Gasteiger partial charge in [0.1, 0.15) is 0 Å². The average molecular weight is 374 g/mol. The highest BCUT2D eigenvalue weighted by molar-refractivity contribution is 5.97. The largest absolute Gasteiger partial charge is 0.492 e. The van der Waals surface area contributed by atoms with E-state index in [0.717, 1.165) is 5.57 Å². The molecule has 146 valence electrons. The first kappa shape index (κ1) is 22.2. The molecule has 6 nitrogen and oxygen atoms in total. The van der Waals surface area contributed by atoms with Gasteiger partial charge in [-0.1, -0.05) is 45.2 Å². The zero-order valence-corrected chi connectivity index (χ0v) is 16.0. The number of allylic oxidation sites excluding steroid dienone is 3. The van der Waals surface area contributed by atoms with Crippen molar-refractivity contribution in [3.63, 3.8) is 0 Å². The molecule has 0 saturated heterocycles. The number of fused-ring (bicyclic) bond motifs is 1. The van der Waals surface area contributed by atoms with Gasteiger partial charge in [-0.2, -0.15) is 0 Å². The highest BCUT2D eigenvalue weighted by Crippen LogP contribution is 2.38. The van der Waals surface area contributed by atoms with Gasteiger partial charge < -0.3 is 19.3 Å². The number of aldehydes is 1. The molecule has 0 radical (unpaired) electrons. The molecule has 1 aliphatic rings.